The van der Waals surface area contributed by atoms with Crippen LogP contribution in [0.4, 0.5) is 0 Å². The van der Waals surface area contributed by atoms with Crippen LogP contribution in [0.2, 0.25) is 0 Å². The summed E-state index contributed by atoms with van der Waals surface area (Å²) in [6.07, 6.45) is 0. The number of hydrogen-bond donors (Lipinski definition) is 2. The Labute approximate surface area is 228 Å². The fourth-order valence-electron chi connectivity index (χ4n) is 5.38. The minimum absolute atomic E-state index is 0.181. The standard InChI is InChI=1S/C31H27NO8/c1-37-22-11-10-18(16-19(22)17-32-12-14-38-15-13-32)25(26-28(33)20-6-2-4-8-23(20)39-30(26)35)27-29(34)21-7-3-5-9-24(21)40-31(27)36/h2-11,16,25,33-34H,12-15,17H2,1H3. The van der Waals surface area contributed by atoms with Gasteiger partial charge in [-0.15, -0.1) is 0 Å². The van der Waals surface area contributed by atoms with Crippen LogP contribution in [0.5, 0.6) is 17.2 Å². The summed E-state index contributed by atoms with van der Waals surface area (Å²) in [5.74, 6) is -1.27. The van der Waals surface area contributed by atoms with Gasteiger partial charge in [0.1, 0.15) is 28.4 Å². The molecular formula is C31H27NO8. The van der Waals surface area contributed by atoms with Crippen LogP contribution in [-0.2, 0) is 11.3 Å². The van der Waals surface area contributed by atoms with Gasteiger partial charge in [0.25, 0.3) is 0 Å². The monoisotopic (exact) mass is 541 g/mol. The number of morpholine rings is 1. The second-order valence-corrected chi connectivity index (χ2v) is 9.69. The van der Waals surface area contributed by atoms with Gasteiger partial charge in [-0.2, -0.15) is 0 Å². The summed E-state index contributed by atoms with van der Waals surface area (Å²) in [5, 5.41) is 23.5. The van der Waals surface area contributed by atoms with Crippen LogP contribution in [0, 0.1) is 0 Å². The van der Waals surface area contributed by atoms with Crippen LogP contribution in [0.25, 0.3) is 21.9 Å². The lowest BCUT2D eigenvalue weighted by Gasteiger charge is -2.28. The maximum Gasteiger partial charge on any atom is 0.344 e. The molecule has 1 saturated heterocycles. The fourth-order valence-corrected chi connectivity index (χ4v) is 5.38. The first-order chi connectivity index (χ1) is 19.5. The number of hydrogen-bond acceptors (Lipinski definition) is 9. The van der Waals surface area contributed by atoms with Crippen molar-refractivity contribution in [3.8, 4) is 17.2 Å². The van der Waals surface area contributed by atoms with E-state index in [-0.39, 0.29) is 33.8 Å². The van der Waals surface area contributed by atoms with Crippen molar-refractivity contribution in [1.82, 2.24) is 4.90 Å². The molecule has 2 N–H and O–H groups in total. The van der Waals surface area contributed by atoms with Crippen LogP contribution in [-0.4, -0.2) is 48.5 Å². The van der Waals surface area contributed by atoms with Crippen molar-refractivity contribution >= 4 is 21.9 Å². The summed E-state index contributed by atoms with van der Waals surface area (Å²) < 4.78 is 22.3. The van der Waals surface area contributed by atoms with E-state index in [1.165, 1.54) is 0 Å². The first-order valence-electron chi connectivity index (χ1n) is 12.9. The number of aromatic hydroxyl groups is 2. The van der Waals surface area contributed by atoms with E-state index in [4.69, 9.17) is 18.3 Å². The largest absolute Gasteiger partial charge is 0.507 e. The van der Waals surface area contributed by atoms with Gasteiger partial charge in [0.15, 0.2) is 0 Å². The molecule has 1 fully saturated rings. The van der Waals surface area contributed by atoms with Crippen LogP contribution in [0.1, 0.15) is 28.2 Å². The van der Waals surface area contributed by atoms with Crippen LogP contribution in [0.15, 0.2) is 85.2 Å². The highest BCUT2D eigenvalue weighted by Crippen LogP contribution is 2.42. The van der Waals surface area contributed by atoms with Crippen molar-refractivity contribution in [3.63, 3.8) is 0 Å². The Bertz CT molecular complexity index is 1730. The first kappa shape index (κ1) is 25.7. The summed E-state index contributed by atoms with van der Waals surface area (Å²) >= 11 is 0. The molecule has 0 unspecified atom stereocenters. The maximum absolute atomic E-state index is 13.5. The van der Waals surface area contributed by atoms with E-state index in [1.807, 2.05) is 6.07 Å². The SMILES string of the molecule is COc1ccc(C(c2c(O)c3ccccc3oc2=O)c2c(O)c3ccccc3oc2=O)cc1CN1CCOCC1. The molecule has 0 amide bonds. The topological polar surface area (TPSA) is 123 Å². The van der Waals surface area contributed by atoms with E-state index in [9.17, 15) is 19.8 Å². The van der Waals surface area contributed by atoms with Crippen molar-refractivity contribution in [2.75, 3.05) is 33.4 Å². The number of benzene rings is 3. The minimum atomic E-state index is -1.21. The Morgan fingerprint density at radius 1 is 0.825 bits per heavy atom. The van der Waals surface area contributed by atoms with E-state index in [1.54, 1.807) is 67.8 Å². The molecule has 0 aliphatic carbocycles. The highest BCUT2D eigenvalue weighted by molar-refractivity contribution is 5.87. The summed E-state index contributed by atoms with van der Waals surface area (Å²) in [4.78, 5) is 29.1. The highest BCUT2D eigenvalue weighted by atomic mass is 16.5. The fraction of sp³-hybridized carbons (Fsp3) is 0.226. The van der Waals surface area contributed by atoms with Gasteiger partial charge in [0.2, 0.25) is 0 Å². The summed E-state index contributed by atoms with van der Waals surface area (Å²) in [5.41, 5.74) is -0.355. The third kappa shape index (κ3) is 4.49. The van der Waals surface area contributed by atoms with E-state index in [0.717, 1.165) is 18.7 Å². The molecule has 204 valence electrons. The quantitative estimate of drug-likeness (QED) is 0.302. The minimum Gasteiger partial charge on any atom is -0.507 e. The molecule has 0 atom stereocenters. The van der Waals surface area contributed by atoms with Crippen molar-refractivity contribution < 1.29 is 28.5 Å². The predicted octanol–water partition coefficient (Wildman–Crippen LogP) is 4.33. The molecule has 9 nitrogen and oxygen atoms in total. The third-order valence-electron chi connectivity index (χ3n) is 7.35. The second kappa shape index (κ2) is 10.5. The van der Waals surface area contributed by atoms with Gasteiger partial charge in [0.05, 0.1) is 48.1 Å². The van der Waals surface area contributed by atoms with E-state index >= 15 is 0 Å². The summed E-state index contributed by atoms with van der Waals surface area (Å²) in [7, 11) is 1.57. The van der Waals surface area contributed by atoms with Crippen molar-refractivity contribution in [1.29, 1.82) is 0 Å². The lowest BCUT2D eigenvalue weighted by atomic mass is 9.84. The predicted molar refractivity (Wildman–Crippen MR) is 148 cm³/mol. The Morgan fingerprint density at radius 3 is 1.93 bits per heavy atom. The van der Waals surface area contributed by atoms with Gasteiger partial charge in [-0.05, 0) is 42.0 Å². The molecule has 1 aliphatic rings. The number of fused-ring (bicyclic) bond motifs is 2. The third-order valence-corrected chi connectivity index (χ3v) is 7.35. The molecule has 3 heterocycles. The molecule has 0 radical (unpaired) electrons. The van der Waals surface area contributed by atoms with Gasteiger partial charge in [-0.3, -0.25) is 4.90 Å². The van der Waals surface area contributed by atoms with Gasteiger partial charge < -0.3 is 28.5 Å². The van der Waals surface area contributed by atoms with Gasteiger partial charge in [-0.1, -0.05) is 30.3 Å². The maximum atomic E-state index is 13.5. The van der Waals surface area contributed by atoms with Gasteiger partial charge in [-0.25, -0.2) is 9.59 Å². The van der Waals surface area contributed by atoms with Crippen LogP contribution < -0.4 is 16.0 Å². The molecule has 0 spiro atoms. The number of methoxy groups -OCH3 is 1. The molecule has 6 rings (SSSR count). The molecule has 9 heteroatoms. The van der Waals surface area contributed by atoms with E-state index in [2.05, 4.69) is 4.90 Å². The number of nitrogens with zero attached hydrogens (tertiary/aromatic N) is 1. The Morgan fingerprint density at radius 2 is 1.38 bits per heavy atom. The lowest BCUT2D eigenvalue weighted by molar-refractivity contribution is 0.0339. The normalized spacial score (nSPS) is 14.2. The molecule has 2 aromatic heterocycles. The number of para-hydroxylation sites is 2. The van der Waals surface area contributed by atoms with Gasteiger partial charge in [0, 0.05) is 25.2 Å². The first-order valence-corrected chi connectivity index (χ1v) is 12.9. The molecule has 5 aromatic rings. The van der Waals surface area contributed by atoms with Crippen molar-refractivity contribution in [3.05, 3.63) is 110 Å². The second-order valence-electron chi connectivity index (χ2n) is 9.69. The van der Waals surface area contributed by atoms with Crippen molar-refractivity contribution in [2.45, 2.75) is 12.5 Å². The summed E-state index contributed by atoms with van der Waals surface area (Å²) in [6, 6.07) is 18.4. The van der Waals surface area contributed by atoms with E-state index < -0.39 is 17.2 Å². The van der Waals surface area contributed by atoms with E-state index in [0.29, 0.717) is 41.8 Å². The summed E-state index contributed by atoms with van der Waals surface area (Å²) in [6.45, 7) is 3.23. The molecule has 0 saturated carbocycles. The Kier molecular flexibility index (Phi) is 6.75. The molecule has 40 heavy (non-hydrogen) atoms. The van der Waals surface area contributed by atoms with Crippen molar-refractivity contribution in [2.24, 2.45) is 0 Å². The average molecular weight is 542 g/mol. The molecule has 1 aliphatic heterocycles. The van der Waals surface area contributed by atoms with Crippen LogP contribution >= 0.6 is 0 Å². The lowest BCUT2D eigenvalue weighted by Crippen LogP contribution is -2.35. The zero-order chi connectivity index (χ0) is 27.8. The zero-order valence-electron chi connectivity index (χ0n) is 21.8. The van der Waals surface area contributed by atoms with Crippen LogP contribution in [0.3, 0.4) is 0 Å². The molecule has 3 aromatic carbocycles. The smallest absolute Gasteiger partial charge is 0.344 e. The zero-order valence-corrected chi connectivity index (χ0v) is 21.8. The Balaban J connectivity index is 1.62. The number of rotatable bonds is 6. The molecular weight excluding hydrogens is 514 g/mol. The highest BCUT2D eigenvalue weighted by Gasteiger charge is 2.33. The molecule has 0 bridgehead atoms. The van der Waals surface area contributed by atoms with Gasteiger partial charge >= 0.3 is 11.3 Å². The Hall–Kier alpha value is -4.60. The average Bonchev–Trinajstić information content (AvgIpc) is 2.97. The number of ether oxygens (including phenoxy) is 2.